The van der Waals surface area contributed by atoms with Crippen LogP contribution in [0.3, 0.4) is 0 Å². The highest BCUT2D eigenvalue weighted by atomic mass is 16.2. The summed E-state index contributed by atoms with van der Waals surface area (Å²) >= 11 is 0. The zero-order valence-corrected chi connectivity index (χ0v) is 16.5. The van der Waals surface area contributed by atoms with Crippen molar-refractivity contribution in [2.45, 2.75) is 27.7 Å². The first-order chi connectivity index (χ1) is 13.3. The lowest BCUT2D eigenvalue weighted by molar-refractivity contribution is 0.102. The third kappa shape index (κ3) is 4.43. The number of anilines is 2. The van der Waals surface area contributed by atoms with Gasteiger partial charge in [0.2, 0.25) is 0 Å². The first-order valence-corrected chi connectivity index (χ1v) is 9.07. The molecule has 0 aliphatic carbocycles. The molecule has 2 N–H and O–H groups in total. The van der Waals surface area contributed by atoms with E-state index in [1.165, 1.54) is 12.3 Å². The van der Waals surface area contributed by atoms with E-state index in [2.05, 4.69) is 15.6 Å². The minimum atomic E-state index is -0.354. The summed E-state index contributed by atoms with van der Waals surface area (Å²) < 4.78 is 0. The molecule has 0 spiro atoms. The minimum Gasteiger partial charge on any atom is -0.322 e. The Hall–Kier alpha value is -3.47. The molecular formula is C23H23N3O2. The smallest absolute Gasteiger partial charge is 0.274 e. The summed E-state index contributed by atoms with van der Waals surface area (Å²) in [7, 11) is 0. The van der Waals surface area contributed by atoms with Crippen molar-refractivity contribution >= 4 is 23.2 Å². The van der Waals surface area contributed by atoms with Crippen LogP contribution in [0.1, 0.15) is 43.1 Å². The lowest BCUT2D eigenvalue weighted by Gasteiger charge is -2.11. The molecule has 142 valence electrons. The second-order valence-corrected chi connectivity index (χ2v) is 6.97. The predicted octanol–water partition coefficient (Wildman–Crippen LogP) is 4.82. The van der Waals surface area contributed by atoms with Gasteiger partial charge in [-0.05, 0) is 63.1 Å². The first-order valence-electron chi connectivity index (χ1n) is 9.07. The van der Waals surface area contributed by atoms with Crippen molar-refractivity contribution in [2.75, 3.05) is 10.6 Å². The summed E-state index contributed by atoms with van der Waals surface area (Å²) in [5.74, 6) is -0.636. The number of aryl methyl sites for hydroxylation is 4. The zero-order valence-electron chi connectivity index (χ0n) is 16.5. The first kappa shape index (κ1) is 19.3. The van der Waals surface area contributed by atoms with Crippen molar-refractivity contribution in [1.29, 1.82) is 0 Å². The van der Waals surface area contributed by atoms with Crippen LogP contribution in [-0.2, 0) is 0 Å². The van der Waals surface area contributed by atoms with Crippen LogP contribution in [0.15, 0.2) is 54.7 Å². The summed E-state index contributed by atoms with van der Waals surface area (Å²) in [4.78, 5) is 29.3. The minimum absolute atomic E-state index is 0.188. The number of aromatic nitrogens is 1. The Labute approximate surface area is 164 Å². The molecule has 5 heteroatoms. The Bertz CT molecular complexity index is 977. The number of hydrogen-bond donors (Lipinski definition) is 2. The Kier molecular flexibility index (Phi) is 5.54. The van der Waals surface area contributed by atoms with Gasteiger partial charge in [-0.2, -0.15) is 0 Å². The molecular weight excluding hydrogens is 350 g/mol. The van der Waals surface area contributed by atoms with E-state index in [9.17, 15) is 9.59 Å². The normalized spacial score (nSPS) is 10.4. The van der Waals surface area contributed by atoms with Gasteiger partial charge in [-0.1, -0.05) is 35.4 Å². The van der Waals surface area contributed by atoms with Crippen LogP contribution >= 0.6 is 0 Å². The standard InChI is InChI=1S/C23H23N3O2/c1-14-5-7-19(16(3)11-14)25-22(27)18-9-10-24-21(13-18)23(28)26-20-8-6-15(2)12-17(20)4/h5-13H,1-4H3,(H,25,27)(H,26,28). The maximum absolute atomic E-state index is 12.6. The fraction of sp³-hybridized carbons (Fsp3) is 0.174. The van der Waals surface area contributed by atoms with Crippen molar-refractivity contribution in [3.63, 3.8) is 0 Å². The Morgan fingerprint density at radius 2 is 1.25 bits per heavy atom. The van der Waals surface area contributed by atoms with E-state index in [0.717, 1.165) is 33.6 Å². The SMILES string of the molecule is Cc1ccc(NC(=O)c2ccnc(C(=O)Nc3ccc(C)cc3C)c2)c(C)c1. The highest BCUT2D eigenvalue weighted by Crippen LogP contribution is 2.19. The Morgan fingerprint density at radius 1 is 0.714 bits per heavy atom. The number of carbonyl (C=O) groups excluding carboxylic acids is 2. The highest BCUT2D eigenvalue weighted by Gasteiger charge is 2.14. The number of nitrogens with zero attached hydrogens (tertiary/aromatic N) is 1. The molecule has 0 aliphatic rings. The number of carbonyl (C=O) groups is 2. The lowest BCUT2D eigenvalue weighted by Crippen LogP contribution is -2.17. The molecule has 3 aromatic rings. The quantitative estimate of drug-likeness (QED) is 0.689. The van der Waals surface area contributed by atoms with E-state index in [4.69, 9.17) is 0 Å². The molecule has 2 aromatic carbocycles. The van der Waals surface area contributed by atoms with Gasteiger partial charge in [-0.25, -0.2) is 0 Å². The lowest BCUT2D eigenvalue weighted by atomic mass is 10.1. The number of benzene rings is 2. The molecule has 0 saturated heterocycles. The molecule has 0 saturated carbocycles. The summed E-state index contributed by atoms with van der Waals surface area (Å²) in [6, 6.07) is 14.7. The summed E-state index contributed by atoms with van der Waals surface area (Å²) in [6.07, 6.45) is 1.47. The molecule has 28 heavy (non-hydrogen) atoms. The Morgan fingerprint density at radius 3 is 1.79 bits per heavy atom. The largest absolute Gasteiger partial charge is 0.322 e. The van der Waals surface area contributed by atoms with E-state index >= 15 is 0 Å². The average molecular weight is 373 g/mol. The number of hydrogen-bond acceptors (Lipinski definition) is 3. The van der Waals surface area contributed by atoms with Gasteiger partial charge < -0.3 is 10.6 Å². The number of amides is 2. The van der Waals surface area contributed by atoms with E-state index in [0.29, 0.717) is 5.56 Å². The second-order valence-electron chi connectivity index (χ2n) is 6.97. The third-order valence-corrected chi connectivity index (χ3v) is 4.51. The number of rotatable bonds is 4. The molecule has 5 nitrogen and oxygen atoms in total. The van der Waals surface area contributed by atoms with Crippen LogP contribution < -0.4 is 10.6 Å². The summed E-state index contributed by atoms with van der Waals surface area (Å²) in [6.45, 7) is 7.88. The van der Waals surface area contributed by atoms with Gasteiger partial charge in [0.25, 0.3) is 11.8 Å². The van der Waals surface area contributed by atoms with Gasteiger partial charge in [0, 0.05) is 23.1 Å². The molecule has 0 atom stereocenters. The molecule has 0 fully saturated rings. The van der Waals surface area contributed by atoms with Gasteiger partial charge in [0.15, 0.2) is 0 Å². The van der Waals surface area contributed by atoms with Gasteiger partial charge in [-0.15, -0.1) is 0 Å². The van der Waals surface area contributed by atoms with Gasteiger partial charge in [0.05, 0.1) is 0 Å². The molecule has 0 radical (unpaired) electrons. The monoisotopic (exact) mass is 373 g/mol. The zero-order chi connectivity index (χ0) is 20.3. The van der Waals surface area contributed by atoms with Crippen LogP contribution in [0.25, 0.3) is 0 Å². The van der Waals surface area contributed by atoms with Crippen molar-refractivity contribution in [2.24, 2.45) is 0 Å². The topological polar surface area (TPSA) is 71.1 Å². The van der Waals surface area contributed by atoms with Crippen molar-refractivity contribution < 1.29 is 9.59 Å². The average Bonchev–Trinajstić information content (AvgIpc) is 2.66. The third-order valence-electron chi connectivity index (χ3n) is 4.51. The maximum atomic E-state index is 12.6. The van der Waals surface area contributed by atoms with E-state index in [1.807, 2.05) is 64.1 Å². The van der Waals surface area contributed by atoms with E-state index in [-0.39, 0.29) is 17.5 Å². The van der Waals surface area contributed by atoms with Gasteiger partial charge in [0.1, 0.15) is 5.69 Å². The van der Waals surface area contributed by atoms with Gasteiger partial charge >= 0.3 is 0 Å². The Balaban J connectivity index is 1.77. The van der Waals surface area contributed by atoms with Crippen LogP contribution in [0, 0.1) is 27.7 Å². The number of nitrogens with one attached hydrogen (secondary N) is 2. The molecule has 1 aromatic heterocycles. The van der Waals surface area contributed by atoms with Crippen molar-refractivity contribution in [3.05, 3.63) is 88.2 Å². The van der Waals surface area contributed by atoms with Crippen molar-refractivity contribution in [1.82, 2.24) is 4.98 Å². The summed E-state index contributed by atoms with van der Waals surface area (Å²) in [5, 5.41) is 5.74. The van der Waals surface area contributed by atoms with E-state index < -0.39 is 0 Å². The van der Waals surface area contributed by atoms with Crippen LogP contribution in [0.4, 0.5) is 11.4 Å². The van der Waals surface area contributed by atoms with Crippen molar-refractivity contribution in [3.8, 4) is 0 Å². The predicted molar refractivity (Wildman–Crippen MR) is 112 cm³/mol. The van der Waals surface area contributed by atoms with Crippen LogP contribution in [0.5, 0.6) is 0 Å². The maximum Gasteiger partial charge on any atom is 0.274 e. The molecule has 0 bridgehead atoms. The second kappa shape index (κ2) is 8.05. The van der Waals surface area contributed by atoms with Crippen LogP contribution in [-0.4, -0.2) is 16.8 Å². The molecule has 1 heterocycles. The van der Waals surface area contributed by atoms with E-state index in [1.54, 1.807) is 6.07 Å². The fourth-order valence-corrected chi connectivity index (χ4v) is 2.98. The number of pyridine rings is 1. The molecule has 0 aliphatic heterocycles. The van der Waals surface area contributed by atoms with Gasteiger partial charge in [-0.3, -0.25) is 14.6 Å². The fourth-order valence-electron chi connectivity index (χ4n) is 2.98. The van der Waals surface area contributed by atoms with Crippen LogP contribution in [0.2, 0.25) is 0 Å². The summed E-state index contributed by atoms with van der Waals surface area (Å²) in [5.41, 5.74) is 6.24. The highest BCUT2D eigenvalue weighted by molar-refractivity contribution is 6.08. The molecule has 2 amide bonds. The molecule has 3 rings (SSSR count). The molecule has 0 unspecified atom stereocenters.